The zero-order valence-electron chi connectivity index (χ0n) is 16.2. The zero-order valence-corrected chi connectivity index (χ0v) is 17.0. The summed E-state index contributed by atoms with van der Waals surface area (Å²) in [5, 5.41) is 9.14. The molecule has 0 amide bonds. The lowest BCUT2D eigenvalue weighted by molar-refractivity contribution is 0.304. The van der Waals surface area contributed by atoms with Crippen molar-refractivity contribution in [1.82, 2.24) is 24.1 Å². The summed E-state index contributed by atoms with van der Waals surface area (Å²) in [6.07, 6.45) is 11.1. The second-order valence-corrected chi connectivity index (χ2v) is 8.72. The number of hydrogen-bond donors (Lipinski definition) is 1. The van der Waals surface area contributed by atoms with Crippen LogP contribution in [0.4, 0.5) is 5.13 Å². The van der Waals surface area contributed by atoms with Crippen molar-refractivity contribution >= 4 is 16.7 Å². The minimum atomic E-state index is -0.0338. The number of anilines is 1. The molecule has 2 saturated carbocycles. The van der Waals surface area contributed by atoms with E-state index in [1.54, 1.807) is 29.2 Å². The van der Waals surface area contributed by atoms with Gasteiger partial charge in [-0.15, -0.1) is 0 Å². The van der Waals surface area contributed by atoms with Crippen LogP contribution in [0.5, 0.6) is 0 Å². The molecule has 0 aliphatic heterocycles. The Morgan fingerprint density at radius 3 is 2.52 bits per heavy atom. The van der Waals surface area contributed by atoms with Crippen molar-refractivity contribution in [3.05, 3.63) is 52.8 Å². The van der Waals surface area contributed by atoms with Crippen LogP contribution in [0.2, 0.25) is 0 Å². The van der Waals surface area contributed by atoms with Gasteiger partial charge in [0.15, 0.2) is 0 Å². The summed E-state index contributed by atoms with van der Waals surface area (Å²) in [6, 6.07) is 7.76. The van der Waals surface area contributed by atoms with E-state index in [1.807, 2.05) is 12.1 Å². The van der Waals surface area contributed by atoms with Crippen LogP contribution in [0.25, 0.3) is 11.3 Å². The molecular weight excluding hydrogens is 384 g/mol. The summed E-state index contributed by atoms with van der Waals surface area (Å²) < 4.78 is 6.20. The largest absolute Gasteiger partial charge is 0.358 e. The highest BCUT2D eigenvalue weighted by Crippen LogP contribution is 2.36. The van der Waals surface area contributed by atoms with Crippen LogP contribution in [0.15, 0.2) is 41.5 Å². The minimum absolute atomic E-state index is 0.0338. The average molecular weight is 409 g/mol. The van der Waals surface area contributed by atoms with Crippen molar-refractivity contribution in [2.24, 2.45) is 0 Å². The van der Waals surface area contributed by atoms with Gasteiger partial charge in [0, 0.05) is 47.5 Å². The zero-order chi connectivity index (χ0) is 19.6. The van der Waals surface area contributed by atoms with E-state index in [9.17, 15) is 4.79 Å². The maximum atomic E-state index is 12.4. The molecule has 3 aromatic rings. The summed E-state index contributed by atoms with van der Waals surface area (Å²) in [4.78, 5) is 21.2. The first-order chi connectivity index (χ1) is 14.3. The Morgan fingerprint density at radius 1 is 1.00 bits per heavy atom. The average Bonchev–Trinajstić information content (AvgIpc) is 3.16. The Balaban J connectivity index is 1.23. The van der Waals surface area contributed by atoms with Gasteiger partial charge < -0.3 is 5.32 Å². The SMILES string of the molecule is O=c1ccc(-c2ccncc2)nn1C1CCC(Nc2nc(C3CCC3)ns2)CC1. The number of hydrogen-bond acceptors (Lipinski definition) is 7. The third-order valence-corrected chi connectivity index (χ3v) is 6.74. The van der Waals surface area contributed by atoms with E-state index in [0.717, 1.165) is 47.9 Å². The topological polar surface area (TPSA) is 85.6 Å². The van der Waals surface area contributed by atoms with Crippen molar-refractivity contribution in [3.8, 4) is 11.3 Å². The molecule has 0 saturated heterocycles. The molecule has 0 unspecified atom stereocenters. The summed E-state index contributed by atoms with van der Waals surface area (Å²) in [5.74, 6) is 1.59. The fourth-order valence-electron chi connectivity index (χ4n) is 4.13. The van der Waals surface area contributed by atoms with Gasteiger partial charge in [0.05, 0.1) is 11.7 Å². The van der Waals surface area contributed by atoms with Gasteiger partial charge in [-0.25, -0.2) is 9.67 Å². The summed E-state index contributed by atoms with van der Waals surface area (Å²) in [7, 11) is 0. The normalized spacial score (nSPS) is 22.2. The van der Waals surface area contributed by atoms with Gasteiger partial charge in [0.25, 0.3) is 5.56 Å². The predicted molar refractivity (Wildman–Crippen MR) is 113 cm³/mol. The third kappa shape index (κ3) is 3.94. The third-order valence-electron chi connectivity index (χ3n) is 6.08. The van der Waals surface area contributed by atoms with E-state index in [0.29, 0.717) is 12.0 Å². The molecule has 2 aliphatic rings. The molecule has 2 fully saturated rings. The molecule has 7 nitrogen and oxygen atoms in total. The predicted octanol–water partition coefficient (Wildman–Crippen LogP) is 4.02. The minimum Gasteiger partial charge on any atom is -0.358 e. The molecule has 0 radical (unpaired) electrons. The molecule has 1 N–H and O–H groups in total. The van der Waals surface area contributed by atoms with Gasteiger partial charge in [0.2, 0.25) is 5.13 Å². The number of nitrogens with one attached hydrogen (secondary N) is 1. The van der Waals surface area contributed by atoms with Crippen LogP contribution < -0.4 is 10.9 Å². The number of pyridine rings is 1. The first-order valence-corrected chi connectivity index (χ1v) is 11.1. The molecular formula is C21H24N6OS. The van der Waals surface area contributed by atoms with Crippen LogP contribution in [-0.4, -0.2) is 30.2 Å². The molecule has 0 atom stereocenters. The Kier molecular flexibility index (Phi) is 5.10. The van der Waals surface area contributed by atoms with Gasteiger partial charge in [0.1, 0.15) is 5.82 Å². The number of rotatable bonds is 5. The Hall–Kier alpha value is -2.61. The van der Waals surface area contributed by atoms with Crippen molar-refractivity contribution in [2.45, 2.75) is 62.9 Å². The van der Waals surface area contributed by atoms with Crippen LogP contribution in [0.1, 0.15) is 62.7 Å². The fourth-order valence-corrected chi connectivity index (χ4v) is 4.85. The highest BCUT2D eigenvalue weighted by Gasteiger charge is 2.26. The van der Waals surface area contributed by atoms with Crippen molar-refractivity contribution in [2.75, 3.05) is 5.32 Å². The second-order valence-electron chi connectivity index (χ2n) is 7.97. The van der Waals surface area contributed by atoms with Gasteiger partial charge in [-0.05, 0) is 56.7 Å². The lowest BCUT2D eigenvalue weighted by Gasteiger charge is -2.29. The number of aromatic nitrogens is 5. The Bertz CT molecular complexity index is 1020. The van der Waals surface area contributed by atoms with E-state index in [-0.39, 0.29) is 11.6 Å². The number of nitrogens with zero attached hydrogens (tertiary/aromatic N) is 5. The summed E-state index contributed by atoms with van der Waals surface area (Å²) >= 11 is 1.48. The fraction of sp³-hybridized carbons (Fsp3) is 0.476. The van der Waals surface area contributed by atoms with Crippen LogP contribution in [-0.2, 0) is 0 Å². The Morgan fingerprint density at radius 2 is 1.79 bits per heavy atom. The maximum Gasteiger partial charge on any atom is 0.267 e. The first-order valence-electron chi connectivity index (χ1n) is 10.4. The van der Waals surface area contributed by atoms with E-state index < -0.39 is 0 Å². The van der Waals surface area contributed by atoms with E-state index in [4.69, 9.17) is 0 Å². The van der Waals surface area contributed by atoms with E-state index in [2.05, 4.69) is 24.8 Å². The summed E-state index contributed by atoms with van der Waals surface area (Å²) in [6.45, 7) is 0. The van der Waals surface area contributed by atoms with Crippen LogP contribution >= 0.6 is 11.5 Å². The molecule has 150 valence electrons. The highest BCUT2D eigenvalue weighted by molar-refractivity contribution is 7.09. The molecule has 2 aliphatic carbocycles. The highest BCUT2D eigenvalue weighted by atomic mass is 32.1. The van der Waals surface area contributed by atoms with Gasteiger partial charge in [-0.3, -0.25) is 9.78 Å². The molecule has 8 heteroatoms. The molecule has 0 bridgehead atoms. The quantitative estimate of drug-likeness (QED) is 0.686. The van der Waals surface area contributed by atoms with E-state index in [1.165, 1.54) is 30.8 Å². The van der Waals surface area contributed by atoms with Gasteiger partial charge in [-0.1, -0.05) is 6.42 Å². The van der Waals surface area contributed by atoms with Gasteiger partial charge in [-0.2, -0.15) is 9.47 Å². The molecule has 3 heterocycles. The Labute approximate surface area is 173 Å². The van der Waals surface area contributed by atoms with Crippen molar-refractivity contribution in [1.29, 1.82) is 0 Å². The lowest BCUT2D eigenvalue weighted by Crippen LogP contribution is -2.33. The van der Waals surface area contributed by atoms with Gasteiger partial charge >= 0.3 is 0 Å². The molecule has 3 aromatic heterocycles. The van der Waals surface area contributed by atoms with Crippen LogP contribution in [0, 0.1) is 0 Å². The summed E-state index contributed by atoms with van der Waals surface area (Å²) in [5.41, 5.74) is 1.75. The first kappa shape index (κ1) is 18.4. The molecule has 0 aromatic carbocycles. The van der Waals surface area contributed by atoms with Crippen molar-refractivity contribution < 1.29 is 0 Å². The van der Waals surface area contributed by atoms with E-state index >= 15 is 0 Å². The smallest absolute Gasteiger partial charge is 0.267 e. The standard InChI is InChI=1S/C21H24N6OS/c28-19-9-8-18(14-10-12-22-13-11-14)25-27(19)17-6-4-16(5-7-17)23-21-24-20(26-29-21)15-2-1-3-15/h8-13,15-17H,1-7H2,(H,23,24,26). The second kappa shape index (κ2) is 8.02. The molecule has 0 spiro atoms. The maximum absolute atomic E-state index is 12.4. The molecule has 5 rings (SSSR count). The van der Waals surface area contributed by atoms with Crippen LogP contribution in [0.3, 0.4) is 0 Å². The van der Waals surface area contributed by atoms with Crippen molar-refractivity contribution in [3.63, 3.8) is 0 Å². The monoisotopic (exact) mass is 408 g/mol. The lowest BCUT2D eigenvalue weighted by atomic mass is 9.85. The molecule has 29 heavy (non-hydrogen) atoms.